The van der Waals surface area contributed by atoms with Crippen molar-refractivity contribution in [1.82, 2.24) is 0 Å². The number of hydrogen-bond acceptors (Lipinski definition) is 3. The topological polar surface area (TPSA) is 30.3 Å². The fraction of sp³-hybridized carbons (Fsp3) is 0.235. The monoisotopic (exact) mass is 341 g/mol. The number of benzene rings is 2. The van der Waals surface area contributed by atoms with Crippen LogP contribution in [0, 0.1) is 11.3 Å². The van der Waals surface area contributed by atoms with Crippen LogP contribution < -0.4 is 9.80 Å². The predicted octanol–water partition coefficient (Wildman–Crippen LogP) is 3.65. The molecule has 21 heavy (non-hydrogen) atoms. The Morgan fingerprint density at radius 2 is 1.57 bits per heavy atom. The van der Waals surface area contributed by atoms with Crippen molar-refractivity contribution >= 4 is 27.3 Å². The molecule has 1 saturated heterocycles. The van der Waals surface area contributed by atoms with Crippen molar-refractivity contribution in [2.45, 2.75) is 0 Å². The van der Waals surface area contributed by atoms with E-state index in [9.17, 15) is 0 Å². The summed E-state index contributed by atoms with van der Waals surface area (Å²) in [6.45, 7) is 3.99. The van der Waals surface area contributed by atoms with Gasteiger partial charge in [-0.15, -0.1) is 0 Å². The molecule has 3 rings (SSSR count). The summed E-state index contributed by atoms with van der Waals surface area (Å²) in [6, 6.07) is 18.5. The summed E-state index contributed by atoms with van der Waals surface area (Å²) in [5, 5.41) is 8.93. The minimum atomic E-state index is 0.688. The van der Waals surface area contributed by atoms with Crippen LogP contribution in [-0.4, -0.2) is 26.2 Å². The van der Waals surface area contributed by atoms with Gasteiger partial charge in [0, 0.05) is 36.3 Å². The van der Waals surface area contributed by atoms with Crippen molar-refractivity contribution in [3.8, 4) is 6.07 Å². The van der Waals surface area contributed by atoms with Crippen LogP contribution in [-0.2, 0) is 0 Å². The minimum absolute atomic E-state index is 0.688. The van der Waals surface area contributed by atoms with E-state index < -0.39 is 0 Å². The van der Waals surface area contributed by atoms with Crippen molar-refractivity contribution in [2.24, 2.45) is 0 Å². The van der Waals surface area contributed by atoms with Crippen LogP contribution in [0.1, 0.15) is 5.56 Å². The van der Waals surface area contributed by atoms with Crippen LogP contribution in [0.4, 0.5) is 11.4 Å². The minimum Gasteiger partial charge on any atom is -0.368 e. The summed E-state index contributed by atoms with van der Waals surface area (Å²) in [4.78, 5) is 4.78. The first-order valence-electron chi connectivity index (χ1n) is 7.02. The van der Waals surface area contributed by atoms with Gasteiger partial charge in [-0.25, -0.2) is 0 Å². The molecule has 0 amide bonds. The van der Waals surface area contributed by atoms with Crippen LogP contribution in [0.2, 0.25) is 0 Å². The molecule has 0 saturated carbocycles. The molecule has 0 aliphatic carbocycles. The van der Waals surface area contributed by atoms with Crippen molar-refractivity contribution in [1.29, 1.82) is 5.26 Å². The molecular formula is C17H16BrN3. The van der Waals surface area contributed by atoms with Gasteiger partial charge in [0.05, 0.1) is 17.3 Å². The van der Waals surface area contributed by atoms with Crippen LogP contribution in [0.5, 0.6) is 0 Å². The Bertz CT molecular complexity index is 655. The predicted molar refractivity (Wildman–Crippen MR) is 89.7 cm³/mol. The lowest BCUT2D eigenvalue weighted by Crippen LogP contribution is -2.46. The molecule has 0 radical (unpaired) electrons. The maximum atomic E-state index is 8.93. The molecular weight excluding hydrogens is 326 g/mol. The standard InChI is InChI=1S/C17H16BrN3/c18-16-12-14(13-19)6-7-17(16)21-10-8-20(9-11-21)15-4-2-1-3-5-15/h1-7,12H,8-11H2. The van der Waals surface area contributed by atoms with Gasteiger partial charge in [-0.2, -0.15) is 5.26 Å². The third kappa shape index (κ3) is 3.03. The van der Waals surface area contributed by atoms with Gasteiger partial charge in [-0.3, -0.25) is 0 Å². The first kappa shape index (κ1) is 14.0. The van der Waals surface area contributed by atoms with Gasteiger partial charge in [-0.05, 0) is 46.3 Å². The summed E-state index contributed by atoms with van der Waals surface area (Å²) < 4.78 is 0.995. The zero-order chi connectivity index (χ0) is 14.7. The highest BCUT2D eigenvalue weighted by atomic mass is 79.9. The fourth-order valence-corrected chi connectivity index (χ4v) is 3.31. The van der Waals surface area contributed by atoms with Crippen LogP contribution >= 0.6 is 15.9 Å². The number of para-hydroxylation sites is 1. The second kappa shape index (κ2) is 6.19. The largest absolute Gasteiger partial charge is 0.368 e. The first-order valence-corrected chi connectivity index (χ1v) is 7.82. The highest BCUT2D eigenvalue weighted by Crippen LogP contribution is 2.28. The Labute approximate surface area is 133 Å². The first-order chi connectivity index (χ1) is 10.3. The summed E-state index contributed by atoms with van der Waals surface area (Å²) in [5.41, 5.74) is 3.14. The average Bonchev–Trinajstić information content (AvgIpc) is 2.56. The lowest BCUT2D eigenvalue weighted by atomic mass is 10.2. The van der Waals surface area contributed by atoms with E-state index in [2.05, 4.69) is 56.1 Å². The van der Waals surface area contributed by atoms with E-state index in [0.717, 1.165) is 30.7 Å². The molecule has 0 atom stereocenters. The second-order valence-electron chi connectivity index (χ2n) is 5.09. The molecule has 1 aliphatic rings. The Balaban J connectivity index is 1.70. The zero-order valence-electron chi connectivity index (χ0n) is 11.7. The lowest BCUT2D eigenvalue weighted by Gasteiger charge is -2.37. The number of rotatable bonds is 2. The third-order valence-corrected chi connectivity index (χ3v) is 4.45. The third-order valence-electron chi connectivity index (χ3n) is 3.82. The molecule has 2 aromatic rings. The normalized spacial score (nSPS) is 14.9. The fourth-order valence-electron chi connectivity index (χ4n) is 2.68. The Hall–Kier alpha value is -1.99. The molecule has 3 nitrogen and oxygen atoms in total. The van der Waals surface area contributed by atoms with Gasteiger partial charge < -0.3 is 9.80 Å². The van der Waals surface area contributed by atoms with E-state index in [0.29, 0.717) is 5.56 Å². The Morgan fingerprint density at radius 3 is 2.19 bits per heavy atom. The van der Waals surface area contributed by atoms with Gasteiger partial charge in [0.15, 0.2) is 0 Å². The van der Waals surface area contributed by atoms with E-state index in [-0.39, 0.29) is 0 Å². The van der Waals surface area contributed by atoms with Crippen LogP contribution in [0.25, 0.3) is 0 Å². The number of halogens is 1. The number of piperazine rings is 1. The second-order valence-corrected chi connectivity index (χ2v) is 5.94. The van der Waals surface area contributed by atoms with Crippen molar-refractivity contribution < 1.29 is 0 Å². The maximum Gasteiger partial charge on any atom is 0.0992 e. The molecule has 1 heterocycles. The molecule has 0 N–H and O–H groups in total. The van der Waals surface area contributed by atoms with E-state index in [1.54, 1.807) is 0 Å². The summed E-state index contributed by atoms with van der Waals surface area (Å²) in [5.74, 6) is 0. The van der Waals surface area contributed by atoms with E-state index >= 15 is 0 Å². The lowest BCUT2D eigenvalue weighted by molar-refractivity contribution is 0.653. The van der Waals surface area contributed by atoms with E-state index in [1.165, 1.54) is 11.4 Å². The van der Waals surface area contributed by atoms with Crippen molar-refractivity contribution in [3.05, 3.63) is 58.6 Å². The van der Waals surface area contributed by atoms with Crippen LogP contribution in [0.15, 0.2) is 53.0 Å². The van der Waals surface area contributed by atoms with Gasteiger partial charge in [0.2, 0.25) is 0 Å². The molecule has 1 aliphatic heterocycles. The zero-order valence-corrected chi connectivity index (χ0v) is 13.3. The molecule has 0 bridgehead atoms. The molecule has 0 spiro atoms. The average molecular weight is 342 g/mol. The molecule has 106 valence electrons. The van der Waals surface area contributed by atoms with Gasteiger partial charge in [-0.1, -0.05) is 18.2 Å². The number of nitriles is 1. The molecule has 0 unspecified atom stereocenters. The summed E-state index contributed by atoms with van der Waals surface area (Å²) >= 11 is 3.58. The maximum absolute atomic E-state index is 8.93. The number of hydrogen-bond donors (Lipinski definition) is 0. The van der Waals surface area contributed by atoms with E-state index in [1.807, 2.05) is 24.3 Å². The molecule has 4 heteroatoms. The summed E-state index contributed by atoms with van der Waals surface area (Å²) in [7, 11) is 0. The summed E-state index contributed by atoms with van der Waals surface area (Å²) in [6.07, 6.45) is 0. The van der Waals surface area contributed by atoms with Gasteiger partial charge >= 0.3 is 0 Å². The quantitative estimate of drug-likeness (QED) is 0.835. The SMILES string of the molecule is N#Cc1ccc(N2CCN(c3ccccc3)CC2)c(Br)c1. The van der Waals surface area contributed by atoms with Crippen molar-refractivity contribution in [2.75, 3.05) is 36.0 Å². The molecule has 1 fully saturated rings. The number of anilines is 2. The number of nitrogens with zero attached hydrogens (tertiary/aromatic N) is 3. The van der Waals surface area contributed by atoms with Crippen molar-refractivity contribution in [3.63, 3.8) is 0 Å². The molecule has 0 aromatic heterocycles. The Morgan fingerprint density at radius 1 is 0.905 bits per heavy atom. The van der Waals surface area contributed by atoms with Gasteiger partial charge in [0.25, 0.3) is 0 Å². The highest BCUT2D eigenvalue weighted by Gasteiger charge is 2.19. The Kier molecular flexibility index (Phi) is 4.12. The van der Waals surface area contributed by atoms with Gasteiger partial charge in [0.1, 0.15) is 0 Å². The highest BCUT2D eigenvalue weighted by molar-refractivity contribution is 9.10. The van der Waals surface area contributed by atoms with Crippen LogP contribution in [0.3, 0.4) is 0 Å². The van der Waals surface area contributed by atoms with E-state index in [4.69, 9.17) is 5.26 Å². The molecule has 2 aromatic carbocycles. The smallest absolute Gasteiger partial charge is 0.0992 e.